The molecule has 0 saturated heterocycles. The lowest BCUT2D eigenvalue weighted by molar-refractivity contribution is 0.0642. The van der Waals surface area contributed by atoms with Crippen LogP contribution in [0.15, 0.2) is 36.1 Å². The zero-order valence-corrected chi connectivity index (χ0v) is 17.4. The number of allylic oxidation sites excluding steroid dienone is 4. The van der Waals surface area contributed by atoms with Crippen molar-refractivity contribution in [2.45, 2.75) is 77.4 Å². The lowest BCUT2D eigenvalue weighted by Gasteiger charge is -2.34. The second-order valence-corrected chi connectivity index (χ2v) is 8.83. The van der Waals surface area contributed by atoms with Gasteiger partial charge in [-0.15, -0.1) is 0 Å². The summed E-state index contributed by atoms with van der Waals surface area (Å²) in [6, 6.07) is 2.80. The van der Waals surface area contributed by atoms with Crippen LogP contribution in [0.5, 0.6) is 0 Å². The third-order valence-electron chi connectivity index (χ3n) is 6.76. The van der Waals surface area contributed by atoms with Crippen LogP contribution in [0.4, 0.5) is 0 Å². The Kier molecular flexibility index (Phi) is 4.69. The molecule has 2 aromatic rings. The number of hydrogen-bond acceptors (Lipinski definition) is 2. The van der Waals surface area contributed by atoms with Gasteiger partial charge in [0.05, 0.1) is 11.3 Å². The Morgan fingerprint density at radius 2 is 2.10 bits per heavy atom. The number of aromatic amines is 1. The summed E-state index contributed by atoms with van der Waals surface area (Å²) in [4.78, 5) is 15.9. The molecule has 5 rings (SSSR count). The van der Waals surface area contributed by atoms with Gasteiger partial charge in [-0.1, -0.05) is 18.2 Å². The molecule has 1 saturated carbocycles. The van der Waals surface area contributed by atoms with Crippen LogP contribution in [0.2, 0.25) is 0 Å². The van der Waals surface area contributed by atoms with Crippen LogP contribution in [0.25, 0.3) is 0 Å². The van der Waals surface area contributed by atoms with Gasteiger partial charge in [-0.3, -0.25) is 9.89 Å². The minimum Gasteiger partial charge on any atom is -0.344 e. The Hall–Kier alpha value is -2.56. The summed E-state index contributed by atoms with van der Waals surface area (Å²) in [6.07, 6.45) is 16.2. The van der Waals surface area contributed by atoms with Crippen molar-refractivity contribution < 1.29 is 4.79 Å². The van der Waals surface area contributed by atoms with E-state index in [1.807, 2.05) is 6.20 Å². The van der Waals surface area contributed by atoms with Gasteiger partial charge in [0.2, 0.25) is 0 Å². The molecular formula is C24H30N4O. The number of nitrogens with one attached hydrogen (secondary N) is 1. The van der Waals surface area contributed by atoms with Gasteiger partial charge in [0.25, 0.3) is 5.91 Å². The minimum atomic E-state index is 0.219. The molecule has 5 nitrogen and oxygen atoms in total. The van der Waals surface area contributed by atoms with Gasteiger partial charge in [0.15, 0.2) is 0 Å². The molecule has 1 fully saturated rings. The number of carbonyl (C=O) groups excluding carboxylic acids is 1. The molecule has 1 unspecified atom stereocenters. The highest BCUT2D eigenvalue weighted by Gasteiger charge is 2.40. The monoisotopic (exact) mass is 390 g/mol. The highest BCUT2D eigenvalue weighted by atomic mass is 16.2. The van der Waals surface area contributed by atoms with Gasteiger partial charge in [-0.2, -0.15) is 5.10 Å². The quantitative estimate of drug-likeness (QED) is 0.829. The predicted octanol–water partition coefficient (Wildman–Crippen LogP) is 4.27. The second-order valence-electron chi connectivity index (χ2n) is 8.83. The number of nitrogens with zero attached hydrogens (tertiary/aromatic N) is 3. The number of aryl methyl sites for hydroxylation is 2. The minimum absolute atomic E-state index is 0.219. The Morgan fingerprint density at radius 3 is 2.86 bits per heavy atom. The maximum atomic E-state index is 13.7. The number of carbonyl (C=O) groups is 1. The van der Waals surface area contributed by atoms with E-state index in [0.29, 0.717) is 6.04 Å². The molecule has 0 aromatic carbocycles. The number of H-pyrrole nitrogens is 1. The highest BCUT2D eigenvalue weighted by molar-refractivity contribution is 5.96. The molecule has 0 bridgehead atoms. The largest absolute Gasteiger partial charge is 0.344 e. The lowest BCUT2D eigenvalue weighted by atomic mass is 9.92. The second kappa shape index (κ2) is 7.36. The van der Waals surface area contributed by atoms with E-state index < -0.39 is 0 Å². The van der Waals surface area contributed by atoms with Crippen molar-refractivity contribution in [1.82, 2.24) is 19.7 Å². The molecule has 1 atom stereocenters. The van der Waals surface area contributed by atoms with E-state index in [1.165, 1.54) is 22.5 Å². The van der Waals surface area contributed by atoms with Crippen molar-refractivity contribution in [1.29, 1.82) is 0 Å². The van der Waals surface area contributed by atoms with Crippen LogP contribution in [0, 0.1) is 13.8 Å². The summed E-state index contributed by atoms with van der Waals surface area (Å²) in [5.41, 5.74) is 6.95. The van der Waals surface area contributed by atoms with E-state index in [9.17, 15) is 4.79 Å². The van der Waals surface area contributed by atoms with Crippen LogP contribution < -0.4 is 0 Å². The number of hydrogen-bond donors (Lipinski definition) is 1. The molecule has 0 aliphatic heterocycles. The Bertz CT molecular complexity index is 989. The number of fused-ring (bicyclic) bond motifs is 1. The van der Waals surface area contributed by atoms with E-state index >= 15 is 0 Å². The van der Waals surface area contributed by atoms with Crippen LogP contribution in [0.3, 0.4) is 0 Å². The molecule has 0 spiro atoms. The summed E-state index contributed by atoms with van der Waals surface area (Å²) < 4.78 is 2.30. The van der Waals surface area contributed by atoms with Crippen LogP contribution in [-0.2, 0) is 19.4 Å². The van der Waals surface area contributed by atoms with E-state index in [2.05, 4.69) is 57.8 Å². The van der Waals surface area contributed by atoms with Crippen LogP contribution in [0.1, 0.15) is 65.1 Å². The average Bonchev–Trinajstić information content (AvgIpc) is 3.38. The van der Waals surface area contributed by atoms with Crippen molar-refractivity contribution in [3.8, 4) is 0 Å². The first-order valence-electron chi connectivity index (χ1n) is 11.0. The van der Waals surface area contributed by atoms with E-state index in [0.717, 1.165) is 62.7 Å². The van der Waals surface area contributed by atoms with E-state index in [1.54, 1.807) is 0 Å². The Morgan fingerprint density at radius 1 is 1.24 bits per heavy atom. The zero-order chi connectivity index (χ0) is 20.0. The Labute approximate surface area is 172 Å². The van der Waals surface area contributed by atoms with E-state index in [-0.39, 0.29) is 11.9 Å². The molecule has 1 amide bonds. The molecule has 3 aliphatic rings. The molecule has 2 heterocycles. The van der Waals surface area contributed by atoms with Crippen LogP contribution in [-0.4, -0.2) is 37.7 Å². The normalized spacial score (nSPS) is 21.0. The van der Waals surface area contributed by atoms with Crippen molar-refractivity contribution in [2.75, 3.05) is 0 Å². The highest BCUT2D eigenvalue weighted by Crippen LogP contribution is 2.35. The average molecular weight is 391 g/mol. The number of rotatable bonds is 5. The van der Waals surface area contributed by atoms with Crippen LogP contribution >= 0.6 is 0 Å². The van der Waals surface area contributed by atoms with Gasteiger partial charge in [0, 0.05) is 36.2 Å². The molecule has 3 aliphatic carbocycles. The summed E-state index contributed by atoms with van der Waals surface area (Å²) in [7, 11) is 0. The first-order valence-corrected chi connectivity index (χ1v) is 11.0. The van der Waals surface area contributed by atoms with Crippen molar-refractivity contribution in [2.24, 2.45) is 0 Å². The first-order chi connectivity index (χ1) is 14.1. The van der Waals surface area contributed by atoms with Crippen molar-refractivity contribution in [3.05, 3.63) is 64.3 Å². The molecule has 5 heteroatoms. The fourth-order valence-corrected chi connectivity index (χ4v) is 4.98. The standard InChI is InChI=1S/C24H30N4O/c1-16-12-22(17(2)27(16)15-18-6-4-3-5-7-18)24(29)28(20-8-9-20)21-10-11-23-19(13-21)14-25-26-23/h4,6-7,12,14,20-21H,3,5,8-11,13,15H2,1-2H3,(H,25,26). The number of amides is 1. The smallest absolute Gasteiger partial charge is 0.256 e. The topological polar surface area (TPSA) is 53.9 Å². The SMILES string of the molecule is Cc1cc(C(=O)N(C2CC2)C2CCc3n[nH]cc3C2)c(C)n1CC1=CCCC=C1. The third-order valence-corrected chi connectivity index (χ3v) is 6.76. The summed E-state index contributed by atoms with van der Waals surface area (Å²) in [5, 5.41) is 7.35. The van der Waals surface area contributed by atoms with Crippen molar-refractivity contribution in [3.63, 3.8) is 0 Å². The number of aromatic nitrogens is 3. The molecular weight excluding hydrogens is 360 g/mol. The van der Waals surface area contributed by atoms with Gasteiger partial charge in [-0.25, -0.2) is 0 Å². The zero-order valence-electron chi connectivity index (χ0n) is 17.4. The van der Waals surface area contributed by atoms with Crippen molar-refractivity contribution >= 4 is 5.91 Å². The maximum absolute atomic E-state index is 13.7. The fraction of sp³-hybridized carbons (Fsp3) is 0.500. The molecule has 2 aromatic heterocycles. The fourth-order valence-electron chi connectivity index (χ4n) is 4.98. The first kappa shape index (κ1) is 18.5. The van der Waals surface area contributed by atoms with Gasteiger partial charge < -0.3 is 9.47 Å². The van der Waals surface area contributed by atoms with Gasteiger partial charge >= 0.3 is 0 Å². The van der Waals surface area contributed by atoms with Gasteiger partial charge in [0.1, 0.15) is 0 Å². The predicted molar refractivity (Wildman–Crippen MR) is 114 cm³/mol. The summed E-state index contributed by atoms with van der Waals surface area (Å²) in [5.74, 6) is 0.219. The molecule has 1 N–H and O–H groups in total. The molecule has 152 valence electrons. The summed E-state index contributed by atoms with van der Waals surface area (Å²) in [6.45, 7) is 5.08. The Balaban J connectivity index is 1.41. The molecule has 0 radical (unpaired) electrons. The maximum Gasteiger partial charge on any atom is 0.256 e. The molecule has 29 heavy (non-hydrogen) atoms. The third kappa shape index (κ3) is 3.47. The summed E-state index contributed by atoms with van der Waals surface area (Å²) >= 11 is 0. The van der Waals surface area contributed by atoms with E-state index in [4.69, 9.17) is 0 Å². The lowest BCUT2D eigenvalue weighted by Crippen LogP contribution is -2.45. The van der Waals surface area contributed by atoms with Gasteiger partial charge in [-0.05, 0) is 76.0 Å².